The van der Waals surface area contributed by atoms with Crippen molar-refractivity contribution in [3.05, 3.63) is 94.1 Å². The zero-order chi connectivity index (χ0) is 23.8. The van der Waals surface area contributed by atoms with Gasteiger partial charge in [-0.15, -0.1) is 0 Å². The fourth-order valence-corrected chi connectivity index (χ4v) is 4.07. The number of aromatic nitrogens is 5. The fraction of sp³-hybridized carbons (Fsp3) is 0.0833. The maximum atomic E-state index is 14.2. The highest BCUT2D eigenvalue weighted by molar-refractivity contribution is 6.33. The van der Waals surface area contributed by atoms with Gasteiger partial charge >= 0.3 is 0 Å². The van der Waals surface area contributed by atoms with E-state index < -0.39 is 11.7 Å². The van der Waals surface area contributed by atoms with Crippen molar-refractivity contribution < 1.29 is 9.18 Å². The Kier molecular flexibility index (Phi) is 5.77. The van der Waals surface area contributed by atoms with Gasteiger partial charge in [-0.3, -0.25) is 14.2 Å². The Hall–Kier alpha value is -3.75. The predicted molar refractivity (Wildman–Crippen MR) is 130 cm³/mol. The van der Waals surface area contributed by atoms with Gasteiger partial charge in [0.15, 0.2) is 5.82 Å². The molecule has 3 heterocycles. The number of hydrogen-bond acceptors (Lipinski definition) is 4. The van der Waals surface area contributed by atoms with Crippen molar-refractivity contribution in [1.29, 1.82) is 0 Å². The number of nitrogens with one attached hydrogen (secondary N) is 1. The number of nitrogens with zero attached hydrogens (tertiary/aromatic N) is 5. The SMILES string of the molecule is Cn1cc(-c2cc(C(=O)Nc3nn(Cc4c(F)cccc4Cl)cc3Cl)c3ccccc3n2)cn1. The summed E-state index contributed by atoms with van der Waals surface area (Å²) < 4.78 is 17.3. The molecule has 7 nitrogen and oxygen atoms in total. The smallest absolute Gasteiger partial charge is 0.257 e. The minimum atomic E-state index is -0.448. The van der Waals surface area contributed by atoms with Gasteiger partial charge in [0.25, 0.3) is 5.91 Å². The minimum Gasteiger partial charge on any atom is -0.304 e. The van der Waals surface area contributed by atoms with Gasteiger partial charge in [-0.05, 0) is 24.3 Å². The third kappa shape index (κ3) is 4.25. The van der Waals surface area contributed by atoms with Gasteiger partial charge < -0.3 is 5.32 Å². The van der Waals surface area contributed by atoms with Crippen LogP contribution in [-0.2, 0) is 13.6 Å². The van der Waals surface area contributed by atoms with Crippen molar-refractivity contribution >= 4 is 45.8 Å². The van der Waals surface area contributed by atoms with Crippen LogP contribution in [0.15, 0.2) is 67.1 Å². The second kappa shape index (κ2) is 8.89. The summed E-state index contributed by atoms with van der Waals surface area (Å²) >= 11 is 12.4. The van der Waals surface area contributed by atoms with Crippen LogP contribution in [0.3, 0.4) is 0 Å². The molecule has 0 aliphatic carbocycles. The maximum Gasteiger partial charge on any atom is 0.257 e. The standard InChI is InChI=1S/C24H17Cl2FN6O/c1-32-11-14(10-28-32)22-9-16(15-5-2-3-8-21(15)29-22)24(34)30-23-19(26)13-33(31-23)12-17-18(25)6-4-7-20(17)27/h2-11,13H,12H2,1H3,(H,30,31,34). The molecule has 1 N–H and O–H groups in total. The monoisotopic (exact) mass is 494 g/mol. The summed E-state index contributed by atoms with van der Waals surface area (Å²) in [6.45, 7) is 0.0600. The molecule has 5 aromatic rings. The van der Waals surface area contributed by atoms with Crippen LogP contribution < -0.4 is 5.32 Å². The molecule has 170 valence electrons. The molecule has 0 saturated heterocycles. The lowest BCUT2D eigenvalue weighted by Crippen LogP contribution is -2.14. The molecule has 0 saturated carbocycles. The van der Waals surface area contributed by atoms with Gasteiger partial charge in [0.1, 0.15) is 10.8 Å². The second-order valence-corrected chi connectivity index (χ2v) is 8.47. The van der Waals surface area contributed by atoms with Gasteiger partial charge in [-0.1, -0.05) is 47.5 Å². The molecule has 1 amide bonds. The van der Waals surface area contributed by atoms with Crippen LogP contribution >= 0.6 is 23.2 Å². The van der Waals surface area contributed by atoms with Crippen molar-refractivity contribution in [3.63, 3.8) is 0 Å². The van der Waals surface area contributed by atoms with E-state index in [0.717, 1.165) is 5.56 Å². The predicted octanol–water partition coefficient (Wildman–Crippen LogP) is 5.58. The van der Waals surface area contributed by atoms with E-state index >= 15 is 0 Å². The lowest BCUT2D eigenvalue weighted by atomic mass is 10.0. The highest BCUT2D eigenvalue weighted by Gasteiger charge is 2.18. The van der Waals surface area contributed by atoms with Gasteiger partial charge in [0, 0.05) is 41.0 Å². The van der Waals surface area contributed by atoms with E-state index in [0.29, 0.717) is 22.2 Å². The number of rotatable bonds is 5. The number of carbonyl (C=O) groups excluding carboxylic acids is 1. The number of hydrogen-bond donors (Lipinski definition) is 1. The number of aryl methyl sites for hydroxylation is 1. The van der Waals surface area contributed by atoms with E-state index in [-0.39, 0.29) is 28.0 Å². The van der Waals surface area contributed by atoms with Crippen molar-refractivity contribution in [2.75, 3.05) is 5.32 Å². The number of anilines is 1. The molecule has 0 unspecified atom stereocenters. The summed E-state index contributed by atoms with van der Waals surface area (Å²) in [6, 6.07) is 13.5. The van der Waals surface area contributed by atoms with Crippen molar-refractivity contribution in [2.24, 2.45) is 7.05 Å². The first-order valence-electron chi connectivity index (χ1n) is 10.2. The van der Waals surface area contributed by atoms with Gasteiger partial charge in [-0.2, -0.15) is 10.2 Å². The van der Waals surface area contributed by atoms with Crippen LogP contribution in [0.1, 0.15) is 15.9 Å². The minimum absolute atomic E-state index is 0.0600. The van der Waals surface area contributed by atoms with E-state index in [1.54, 1.807) is 23.0 Å². The van der Waals surface area contributed by atoms with Gasteiger partial charge in [-0.25, -0.2) is 9.37 Å². The molecule has 5 rings (SSSR count). The molecule has 0 fully saturated rings. The first kappa shape index (κ1) is 22.1. The van der Waals surface area contributed by atoms with Crippen LogP contribution in [0, 0.1) is 5.82 Å². The zero-order valence-electron chi connectivity index (χ0n) is 17.8. The van der Waals surface area contributed by atoms with Crippen LogP contribution in [-0.4, -0.2) is 30.5 Å². The van der Waals surface area contributed by atoms with Crippen molar-refractivity contribution in [3.8, 4) is 11.3 Å². The average Bonchev–Trinajstić information content (AvgIpc) is 3.40. The third-order valence-electron chi connectivity index (χ3n) is 5.29. The van der Waals surface area contributed by atoms with Crippen LogP contribution in [0.25, 0.3) is 22.2 Å². The number of benzene rings is 2. The average molecular weight is 495 g/mol. The highest BCUT2D eigenvalue weighted by atomic mass is 35.5. The fourth-order valence-electron chi connectivity index (χ4n) is 3.65. The first-order chi connectivity index (χ1) is 16.4. The molecule has 0 aliphatic heterocycles. The molecule has 0 spiro atoms. The summed E-state index contributed by atoms with van der Waals surface area (Å²) in [4.78, 5) is 18.0. The maximum absolute atomic E-state index is 14.2. The van der Waals surface area contributed by atoms with E-state index in [1.165, 1.54) is 23.0 Å². The third-order valence-corrected chi connectivity index (χ3v) is 5.92. The normalized spacial score (nSPS) is 11.2. The van der Waals surface area contributed by atoms with E-state index in [9.17, 15) is 9.18 Å². The quantitative estimate of drug-likeness (QED) is 0.346. The van der Waals surface area contributed by atoms with Crippen LogP contribution in [0.5, 0.6) is 0 Å². The number of halogens is 3. The molecule has 34 heavy (non-hydrogen) atoms. The summed E-state index contributed by atoms with van der Waals surface area (Å²) in [5.41, 5.74) is 2.75. The van der Waals surface area contributed by atoms with Gasteiger partial charge in [0.2, 0.25) is 0 Å². The van der Waals surface area contributed by atoms with Gasteiger partial charge in [0.05, 0.1) is 29.5 Å². The number of fused-ring (bicyclic) bond motifs is 1. The van der Waals surface area contributed by atoms with Crippen LogP contribution in [0.2, 0.25) is 10.0 Å². The molecule has 3 aromatic heterocycles. The molecule has 0 bridgehead atoms. The molecule has 0 atom stereocenters. The van der Waals surface area contributed by atoms with Crippen molar-refractivity contribution in [1.82, 2.24) is 24.5 Å². The van der Waals surface area contributed by atoms with Crippen LogP contribution in [0.4, 0.5) is 10.2 Å². The summed E-state index contributed by atoms with van der Waals surface area (Å²) in [5.74, 6) is -0.696. The lowest BCUT2D eigenvalue weighted by Gasteiger charge is -2.09. The van der Waals surface area contributed by atoms with Crippen molar-refractivity contribution in [2.45, 2.75) is 6.54 Å². The Morgan fingerprint density at radius 1 is 1.09 bits per heavy atom. The summed E-state index contributed by atoms with van der Waals surface area (Å²) in [5, 5.41) is 12.4. The zero-order valence-corrected chi connectivity index (χ0v) is 19.3. The topological polar surface area (TPSA) is 77.6 Å². The molecule has 2 aromatic carbocycles. The molecule has 10 heteroatoms. The Balaban J connectivity index is 1.47. The summed E-state index contributed by atoms with van der Waals surface area (Å²) in [7, 11) is 1.81. The number of pyridine rings is 1. The molecular weight excluding hydrogens is 478 g/mol. The largest absolute Gasteiger partial charge is 0.304 e. The highest BCUT2D eigenvalue weighted by Crippen LogP contribution is 2.27. The molecule has 0 aliphatic rings. The number of carbonyl (C=O) groups is 1. The summed E-state index contributed by atoms with van der Waals surface area (Å²) in [6.07, 6.45) is 5.02. The van der Waals surface area contributed by atoms with E-state index in [1.807, 2.05) is 37.5 Å². The lowest BCUT2D eigenvalue weighted by molar-refractivity contribution is 0.102. The Morgan fingerprint density at radius 2 is 1.91 bits per heavy atom. The number of para-hydroxylation sites is 1. The van der Waals surface area contributed by atoms with E-state index in [4.69, 9.17) is 23.2 Å². The Morgan fingerprint density at radius 3 is 2.68 bits per heavy atom. The molecule has 0 radical (unpaired) electrons. The molecular formula is C24H17Cl2FN6O. The van der Waals surface area contributed by atoms with E-state index in [2.05, 4.69) is 20.5 Å². The second-order valence-electron chi connectivity index (χ2n) is 7.65. The number of amides is 1. The Bertz CT molecular complexity index is 1520. The first-order valence-corrected chi connectivity index (χ1v) is 11.0. The Labute approximate surface area is 203 Å².